The van der Waals surface area contributed by atoms with Crippen LogP contribution in [0.1, 0.15) is 32.7 Å². The van der Waals surface area contributed by atoms with Crippen LogP contribution in [0.5, 0.6) is 0 Å². The number of rotatable bonds is 5. The van der Waals surface area contributed by atoms with Crippen LogP contribution in [0.3, 0.4) is 0 Å². The van der Waals surface area contributed by atoms with Crippen LogP contribution in [-0.2, 0) is 4.79 Å². The molecule has 12 heteroatoms. The van der Waals surface area contributed by atoms with Crippen LogP contribution in [0.4, 0.5) is 10.2 Å². The smallest absolute Gasteiger partial charge is 0.225 e. The highest BCUT2D eigenvalue weighted by Crippen LogP contribution is 2.32. The van der Waals surface area contributed by atoms with E-state index >= 15 is 0 Å². The summed E-state index contributed by atoms with van der Waals surface area (Å²) in [7, 11) is 0. The van der Waals surface area contributed by atoms with Crippen molar-refractivity contribution < 1.29 is 9.18 Å². The molecular formula is C24H25ClFN9O. The van der Waals surface area contributed by atoms with Gasteiger partial charge in [0.25, 0.3) is 0 Å². The Balaban J connectivity index is 1.41. The number of pyridine rings is 1. The van der Waals surface area contributed by atoms with Gasteiger partial charge in [-0.2, -0.15) is 9.78 Å². The molecule has 2 N–H and O–H groups in total. The predicted octanol–water partition coefficient (Wildman–Crippen LogP) is 3.78. The number of amides is 1. The lowest BCUT2D eigenvalue weighted by Gasteiger charge is -2.33. The van der Waals surface area contributed by atoms with Crippen molar-refractivity contribution in [3.63, 3.8) is 0 Å². The van der Waals surface area contributed by atoms with Crippen LogP contribution in [0.25, 0.3) is 28.2 Å². The Kier molecular flexibility index (Phi) is 6.40. The molecule has 4 heterocycles. The highest BCUT2D eigenvalue weighted by molar-refractivity contribution is 6.30. The summed E-state index contributed by atoms with van der Waals surface area (Å²) in [6, 6.07) is 6.60. The van der Waals surface area contributed by atoms with E-state index in [-0.39, 0.29) is 40.2 Å². The summed E-state index contributed by atoms with van der Waals surface area (Å²) < 4.78 is 17.8. The van der Waals surface area contributed by atoms with E-state index in [9.17, 15) is 9.18 Å². The third-order valence-electron chi connectivity index (χ3n) is 6.37. The van der Waals surface area contributed by atoms with Gasteiger partial charge in [-0.05, 0) is 41.5 Å². The molecule has 1 fully saturated rings. The molecule has 0 bridgehead atoms. The largest absolute Gasteiger partial charge is 0.383 e. The molecule has 0 saturated carbocycles. The number of likely N-dealkylation sites (tertiary alicyclic amines) is 1. The van der Waals surface area contributed by atoms with Crippen LogP contribution in [0.15, 0.2) is 42.9 Å². The Bertz CT molecular complexity index is 1410. The second-order valence-corrected chi connectivity index (χ2v) is 9.47. The van der Waals surface area contributed by atoms with Crippen molar-refractivity contribution in [2.75, 3.05) is 18.8 Å². The first kappa shape index (κ1) is 23.9. The summed E-state index contributed by atoms with van der Waals surface area (Å²) >= 11 is 5.95. The van der Waals surface area contributed by atoms with Crippen LogP contribution in [0.2, 0.25) is 5.02 Å². The lowest BCUT2D eigenvalue weighted by molar-refractivity contribution is -0.135. The maximum absolute atomic E-state index is 14.7. The van der Waals surface area contributed by atoms with E-state index in [4.69, 9.17) is 17.3 Å². The molecule has 1 aliphatic heterocycles. The van der Waals surface area contributed by atoms with Crippen LogP contribution in [-0.4, -0.2) is 58.9 Å². The predicted molar refractivity (Wildman–Crippen MR) is 133 cm³/mol. The van der Waals surface area contributed by atoms with Gasteiger partial charge >= 0.3 is 0 Å². The van der Waals surface area contributed by atoms with Gasteiger partial charge < -0.3 is 10.6 Å². The Morgan fingerprint density at radius 1 is 1.19 bits per heavy atom. The first-order valence-corrected chi connectivity index (χ1v) is 12.0. The molecular weight excluding hydrogens is 485 g/mol. The number of piperidine rings is 1. The summed E-state index contributed by atoms with van der Waals surface area (Å²) in [6.45, 7) is 5.28. The fourth-order valence-corrected chi connectivity index (χ4v) is 4.56. The van der Waals surface area contributed by atoms with Gasteiger partial charge in [-0.3, -0.25) is 9.48 Å². The molecule has 0 aliphatic carbocycles. The number of tetrazole rings is 1. The number of nitrogen functional groups attached to an aromatic ring is 1. The monoisotopic (exact) mass is 509 g/mol. The maximum atomic E-state index is 14.7. The Labute approximate surface area is 211 Å². The number of hydrogen-bond donors (Lipinski definition) is 1. The van der Waals surface area contributed by atoms with Gasteiger partial charge in [0.2, 0.25) is 5.91 Å². The zero-order chi connectivity index (χ0) is 25.4. The lowest BCUT2D eigenvalue weighted by atomic mass is 10.0. The standard InChI is InChI=1S/C24H25ClFN9O/c1-14(2)24(36)33-8-6-17(7-9-33)34-13-16(12-29-34)15-10-18(22(27)28-11-15)23-30-31-32-35(23)20-5-3-4-19(25)21(20)26/h3-5,10-14,17H,6-9H2,1-2H3,(H2,27,28). The van der Waals surface area contributed by atoms with Gasteiger partial charge in [0.1, 0.15) is 11.5 Å². The summed E-state index contributed by atoms with van der Waals surface area (Å²) in [5, 5.41) is 16.2. The fraction of sp³-hybridized carbons (Fsp3) is 0.333. The number of halogens is 2. The number of anilines is 1. The van der Waals surface area contributed by atoms with Crippen LogP contribution in [0, 0.1) is 11.7 Å². The van der Waals surface area contributed by atoms with Gasteiger partial charge in [-0.25, -0.2) is 9.37 Å². The average molecular weight is 510 g/mol. The molecule has 36 heavy (non-hydrogen) atoms. The van der Waals surface area contributed by atoms with Gasteiger partial charge in [0.05, 0.1) is 22.8 Å². The molecule has 1 aromatic carbocycles. The Morgan fingerprint density at radius 3 is 2.72 bits per heavy atom. The molecule has 0 radical (unpaired) electrons. The van der Waals surface area contributed by atoms with Crippen molar-refractivity contribution in [3.8, 4) is 28.2 Å². The quantitative estimate of drug-likeness (QED) is 0.434. The van der Waals surface area contributed by atoms with Crippen LogP contribution < -0.4 is 5.73 Å². The number of benzene rings is 1. The van der Waals surface area contributed by atoms with Gasteiger partial charge in [-0.15, -0.1) is 5.10 Å². The zero-order valence-corrected chi connectivity index (χ0v) is 20.6. The SMILES string of the molecule is CC(C)C(=O)N1CCC(n2cc(-c3cnc(N)c(-c4nnnn4-c4cccc(Cl)c4F)c3)cn2)CC1. The molecule has 1 aliphatic rings. The molecule has 4 aromatic rings. The van der Waals surface area contributed by atoms with Crippen molar-refractivity contribution in [2.45, 2.75) is 32.7 Å². The summed E-state index contributed by atoms with van der Waals surface area (Å²) in [5.74, 6) is -0.0150. The van der Waals surface area contributed by atoms with Gasteiger partial charge in [-0.1, -0.05) is 31.5 Å². The Hall–Kier alpha value is -3.86. The minimum Gasteiger partial charge on any atom is -0.383 e. The molecule has 0 atom stereocenters. The number of carbonyl (C=O) groups excluding carboxylic acids is 1. The Morgan fingerprint density at radius 2 is 1.97 bits per heavy atom. The van der Waals surface area contributed by atoms with Crippen LogP contribution >= 0.6 is 11.6 Å². The maximum Gasteiger partial charge on any atom is 0.225 e. The molecule has 0 unspecified atom stereocenters. The number of nitrogens with two attached hydrogens (primary N) is 1. The van der Waals surface area contributed by atoms with E-state index in [1.807, 2.05) is 29.6 Å². The van der Waals surface area contributed by atoms with Crippen molar-refractivity contribution in [1.82, 2.24) is 39.9 Å². The van der Waals surface area contributed by atoms with E-state index in [0.717, 1.165) is 24.0 Å². The highest BCUT2D eigenvalue weighted by atomic mass is 35.5. The van der Waals surface area contributed by atoms with E-state index in [0.29, 0.717) is 18.7 Å². The van der Waals surface area contributed by atoms with E-state index in [2.05, 4.69) is 25.6 Å². The molecule has 186 valence electrons. The normalized spacial score (nSPS) is 14.5. The van der Waals surface area contributed by atoms with Crippen molar-refractivity contribution >= 4 is 23.3 Å². The third-order valence-corrected chi connectivity index (χ3v) is 6.66. The topological polar surface area (TPSA) is 121 Å². The van der Waals surface area contributed by atoms with E-state index in [1.54, 1.807) is 24.5 Å². The summed E-state index contributed by atoms with van der Waals surface area (Å²) in [6.07, 6.45) is 7.05. The summed E-state index contributed by atoms with van der Waals surface area (Å²) in [4.78, 5) is 18.5. The second kappa shape index (κ2) is 9.65. The number of carbonyl (C=O) groups is 1. The van der Waals surface area contributed by atoms with Gasteiger partial charge in [0, 0.05) is 42.5 Å². The number of hydrogen-bond acceptors (Lipinski definition) is 7. The van der Waals surface area contributed by atoms with Gasteiger partial charge in [0.15, 0.2) is 11.6 Å². The molecule has 1 saturated heterocycles. The first-order chi connectivity index (χ1) is 17.3. The molecule has 1 amide bonds. The summed E-state index contributed by atoms with van der Waals surface area (Å²) in [5.41, 5.74) is 8.32. The fourth-order valence-electron chi connectivity index (χ4n) is 4.39. The molecule has 0 spiro atoms. The molecule has 5 rings (SSSR count). The highest BCUT2D eigenvalue weighted by Gasteiger charge is 2.26. The minimum absolute atomic E-state index is 0.00133. The second-order valence-electron chi connectivity index (χ2n) is 9.06. The van der Waals surface area contributed by atoms with Crippen molar-refractivity contribution in [2.24, 2.45) is 5.92 Å². The average Bonchev–Trinajstić information content (AvgIpc) is 3.56. The lowest BCUT2D eigenvalue weighted by Crippen LogP contribution is -2.41. The first-order valence-electron chi connectivity index (χ1n) is 11.7. The molecule has 10 nitrogen and oxygen atoms in total. The van der Waals surface area contributed by atoms with Crippen molar-refractivity contribution in [1.29, 1.82) is 0 Å². The molecule has 3 aromatic heterocycles. The number of aromatic nitrogens is 7. The zero-order valence-electron chi connectivity index (χ0n) is 19.8. The van der Waals surface area contributed by atoms with Crippen molar-refractivity contribution in [3.05, 3.63) is 53.7 Å². The van der Waals surface area contributed by atoms with E-state index < -0.39 is 5.82 Å². The number of nitrogens with zero attached hydrogens (tertiary/aromatic N) is 8. The minimum atomic E-state index is -0.641. The third kappa shape index (κ3) is 4.41. The van der Waals surface area contributed by atoms with E-state index in [1.165, 1.54) is 16.8 Å².